The molecule has 0 saturated carbocycles. The Hall–Kier alpha value is -1.37. The molecule has 1 heterocycles. The van der Waals surface area contributed by atoms with Crippen LogP contribution in [0.25, 0.3) is 0 Å². The molecular formula is C16H22N2O. The van der Waals surface area contributed by atoms with Gasteiger partial charge in [0.25, 0.3) is 0 Å². The van der Waals surface area contributed by atoms with Crippen LogP contribution in [0.1, 0.15) is 37.8 Å². The van der Waals surface area contributed by atoms with E-state index in [0.717, 1.165) is 31.5 Å². The first-order chi connectivity index (χ1) is 9.19. The summed E-state index contributed by atoms with van der Waals surface area (Å²) in [6.07, 6.45) is 2.62. The zero-order chi connectivity index (χ0) is 13.7. The fraction of sp³-hybridized carbons (Fsp3) is 0.562. The first-order valence-electron chi connectivity index (χ1n) is 7.03. The van der Waals surface area contributed by atoms with E-state index < -0.39 is 0 Å². The van der Waals surface area contributed by atoms with Gasteiger partial charge in [0.15, 0.2) is 0 Å². The molecule has 1 aliphatic rings. The number of ether oxygens (including phenoxy) is 1. The van der Waals surface area contributed by atoms with Crippen LogP contribution < -0.4 is 0 Å². The van der Waals surface area contributed by atoms with Crippen LogP contribution in [0.4, 0.5) is 0 Å². The Kier molecular flexibility index (Phi) is 4.95. The van der Waals surface area contributed by atoms with Gasteiger partial charge in [-0.2, -0.15) is 5.26 Å². The molecule has 3 nitrogen and oxygen atoms in total. The Balaban J connectivity index is 1.76. The molecule has 19 heavy (non-hydrogen) atoms. The van der Waals surface area contributed by atoms with E-state index in [1.54, 1.807) is 0 Å². The van der Waals surface area contributed by atoms with Crippen LogP contribution >= 0.6 is 0 Å². The highest BCUT2D eigenvalue weighted by atomic mass is 16.5. The number of piperidine rings is 1. The zero-order valence-electron chi connectivity index (χ0n) is 11.8. The number of benzene rings is 1. The molecule has 0 atom stereocenters. The van der Waals surface area contributed by atoms with Crippen molar-refractivity contribution in [1.82, 2.24) is 4.90 Å². The Morgan fingerprint density at radius 3 is 2.42 bits per heavy atom. The second kappa shape index (κ2) is 6.70. The van der Waals surface area contributed by atoms with Crippen LogP contribution in [0.3, 0.4) is 0 Å². The molecule has 0 amide bonds. The largest absolute Gasteiger partial charge is 0.373 e. The van der Waals surface area contributed by atoms with Crippen molar-refractivity contribution in [1.29, 1.82) is 5.26 Å². The summed E-state index contributed by atoms with van der Waals surface area (Å²) in [5.74, 6) is 0. The van der Waals surface area contributed by atoms with Gasteiger partial charge in [-0.3, -0.25) is 0 Å². The van der Waals surface area contributed by atoms with Gasteiger partial charge in [0.05, 0.1) is 24.3 Å². The van der Waals surface area contributed by atoms with E-state index in [0.29, 0.717) is 24.3 Å². The predicted octanol–water partition coefficient (Wildman–Crippen LogP) is 2.95. The van der Waals surface area contributed by atoms with E-state index in [-0.39, 0.29) is 0 Å². The molecule has 0 aromatic heterocycles. The highest BCUT2D eigenvalue weighted by molar-refractivity contribution is 5.31. The summed E-state index contributed by atoms with van der Waals surface area (Å²) in [6, 6.07) is 10.4. The van der Waals surface area contributed by atoms with Crippen LogP contribution in [0.2, 0.25) is 0 Å². The molecule has 0 bridgehead atoms. The van der Waals surface area contributed by atoms with Crippen LogP contribution in [0, 0.1) is 11.3 Å². The lowest BCUT2D eigenvalue weighted by Gasteiger charge is -2.34. The molecule has 0 N–H and O–H groups in total. The molecule has 1 fully saturated rings. The highest BCUT2D eigenvalue weighted by Crippen LogP contribution is 2.17. The van der Waals surface area contributed by atoms with Crippen LogP contribution in [-0.4, -0.2) is 30.1 Å². The van der Waals surface area contributed by atoms with Crippen molar-refractivity contribution < 1.29 is 4.74 Å². The maximum Gasteiger partial charge on any atom is 0.0991 e. The van der Waals surface area contributed by atoms with Gasteiger partial charge in [0, 0.05) is 19.1 Å². The summed E-state index contributed by atoms with van der Waals surface area (Å²) in [4.78, 5) is 2.50. The highest BCUT2D eigenvalue weighted by Gasteiger charge is 2.20. The van der Waals surface area contributed by atoms with E-state index in [4.69, 9.17) is 10.00 Å². The van der Waals surface area contributed by atoms with Crippen molar-refractivity contribution in [3.8, 4) is 6.07 Å². The van der Waals surface area contributed by atoms with Crippen molar-refractivity contribution in [2.24, 2.45) is 0 Å². The number of hydrogen-bond donors (Lipinski definition) is 0. The minimum Gasteiger partial charge on any atom is -0.373 e. The van der Waals surface area contributed by atoms with E-state index in [1.165, 1.54) is 0 Å². The first-order valence-corrected chi connectivity index (χ1v) is 7.03. The summed E-state index contributed by atoms with van der Waals surface area (Å²) >= 11 is 0. The maximum atomic E-state index is 8.75. The third-order valence-electron chi connectivity index (χ3n) is 3.78. The average Bonchev–Trinajstić information content (AvgIpc) is 2.46. The second-order valence-electron chi connectivity index (χ2n) is 5.45. The molecule has 0 aliphatic carbocycles. The fourth-order valence-electron chi connectivity index (χ4n) is 2.45. The number of likely N-dealkylation sites (tertiary alicyclic amines) is 1. The van der Waals surface area contributed by atoms with Crippen LogP contribution in [-0.2, 0) is 11.3 Å². The Labute approximate surface area is 115 Å². The molecule has 0 radical (unpaired) electrons. The molecule has 0 spiro atoms. The van der Waals surface area contributed by atoms with Gasteiger partial charge < -0.3 is 9.64 Å². The Morgan fingerprint density at radius 1 is 1.26 bits per heavy atom. The van der Waals surface area contributed by atoms with Gasteiger partial charge in [-0.05, 0) is 44.4 Å². The zero-order valence-corrected chi connectivity index (χ0v) is 11.8. The third-order valence-corrected chi connectivity index (χ3v) is 3.78. The molecule has 2 rings (SSSR count). The monoisotopic (exact) mass is 258 g/mol. The molecular weight excluding hydrogens is 236 g/mol. The number of hydrogen-bond acceptors (Lipinski definition) is 3. The van der Waals surface area contributed by atoms with Gasteiger partial charge >= 0.3 is 0 Å². The standard InChI is InChI=1S/C16H22N2O/c1-13(2)18-9-7-16(8-10-18)19-12-15-5-3-14(11-17)4-6-15/h3-6,13,16H,7-10,12H2,1-2H3. The molecule has 3 heteroatoms. The van der Waals surface area contributed by atoms with E-state index in [9.17, 15) is 0 Å². The minimum absolute atomic E-state index is 0.380. The van der Waals surface area contributed by atoms with Crippen molar-refractivity contribution in [3.63, 3.8) is 0 Å². The van der Waals surface area contributed by atoms with Gasteiger partial charge in [0.2, 0.25) is 0 Å². The fourth-order valence-corrected chi connectivity index (χ4v) is 2.45. The topological polar surface area (TPSA) is 36.3 Å². The summed E-state index contributed by atoms with van der Waals surface area (Å²) < 4.78 is 5.96. The lowest BCUT2D eigenvalue weighted by atomic mass is 10.1. The van der Waals surface area contributed by atoms with Crippen LogP contribution in [0.5, 0.6) is 0 Å². The van der Waals surface area contributed by atoms with Crippen molar-refractivity contribution in [3.05, 3.63) is 35.4 Å². The van der Waals surface area contributed by atoms with E-state index in [1.807, 2.05) is 24.3 Å². The minimum atomic E-state index is 0.380. The van der Waals surface area contributed by atoms with Crippen molar-refractivity contribution in [2.45, 2.75) is 45.4 Å². The van der Waals surface area contributed by atoms with Crippen molar-refractivity contribution in [2.75, 3.05) is 13.1 Å². The van der Waals surface area contributed by atoms with Gasteiger partial charge in [0.1, 0.15) is 0 Å². The Morgan fingerprint density at radius 2 is 1.89 bits per heavy atom. The average molecular weight is 258 g/mol. The molecule has 0 unspecified atom stereocenters. The van der Waals surface area contributed by atoms with Crippen LogP contribution in [0.15, 0.2) is 24.3 Å². The SMILES string of the molecule is CC(C)N1CCC(OCc2ccc(C#N)cc2)CC1. The Bertz CT molecular complexity index is 425. The molecule has 1 saturated heterocycles. The quantitative estimate of drug-likeness (QED) is 0.833. The molecule has 102 valence electrons. The lowest BCUT2D eigenvalue weighted by Crippen LogP contribution is -2.40. The smallest absolute Gasteiger partial charge is 0.0991 e. The summed E-state index contributed by atoms with van der Waals surface area (Å²) in [6.45, 7) is 7.42. The van der Waals surface area contributed by atoms with Gasteiger partial charge in [-0.15, -0.1) is 0 Å². The molecule has 1 aromatic carbocycles. The van der Waals surface area contributed by atoms with Gasteiger partial charge in [-0.25, -0.2) is 0 Å². The molecule has 1 aliphatic heterocycles. The van der Waals surface area contributed by atoms with Crippen molar-refractivity contribution >= 4 is 0 Å². The summed E-state index contributed by atoms with van der Waals surface area (Å²) in [5, 5.41) is 8.75. The predicted molar refractivity (Wildman–Crippen MR) is 75.7 cm³/mol. The second-order valence-corrected chi connectivity index (χ2v) is 5.45. The lowest BCUT2D eigenvalue weighted by molar-refractivity contribution is -0.00802. The summed E-state index contributed by atoms with van der Waals surface area (Å²) in [5.41, 5.74) is 1.85. The number of nitriles is 1. The maximum absolute atomic E-state index is 8.75. The molecule has 1 aromatic rings. The normalized spacial score (nSPS) is 17.6. The third kappa shape index (κ3) is 4.05. The number of rotatable bonds is 4. The first kappa shape index (κ1) is 14.0. The summed E-state index contributed by atoms with van der Waals surface area (Å²) in [7, 11) is 0. The van der Waals surface area contributed by atoms with Gasteiger partial charge in [-0.1, -0.05) is 12.1 Å². The van der Waals surface area contributed by atoms with E-state index >= 15 is 0 Å². The van der Waals surface area contributed by atoms with E-state index in [2.05, 4.69) is 24.8 Å². The number of nitrogens with zero attached hydrogens (tertiary/aromatic N) is 2.